The summed E-state index contributed by atoms with van der Waals surface area (Å²) in [7, 11) is 1.53. The Morgan fingerprint density at radius 1 is 1.18 bits per heavy atom. The number of nitrogens with one attached hydrogen (secondary N) is 1. The van der Waals surface area contributed by atoms with E-state index in [1.807, 2.05) is 30.3 Å². The second-order valence-corrected chi connectivity index (χ2v) is 4.60. The summed E-state index contributed by atoms with van der Waals surface area (Å²) in [4.78, 5) is 22.5. The molecule has 1 N–H and O–H groups in total. The molecule has 0 aliphatic rings. The van der Waals surface area contributed by atoms with Gasteiger partial charge >= 0.3 is 6.09 Å². The molecule has 0 aliphatic heterocycles. The fraction of sp³-hybridized carbons (Fsp3) is 0.176. The molecule has 22 heavy (non-hydrogen) atoms. The summed E-state index contributed by atoms with van der Waals surface area (Å²) in [6.07, 6.45) is 0.221. The van der Waals surface area contributed by atoms with E-state index in [1.54, 1.807) is 18.2 Å². The van der Waals surface area contributed by atoms with Gasteiger partial charge in [-0.2, -0.15) is 0 Å². The molecule has 0 heterocycles. The average molecular weight is 299 g/mol. The standard InChI is InChI=1S/C17H17NO4/c1-21-16-8-7-14(11-19)9-15(16)10-18-17(20)22-12-13-5-3-2-4-6-13/h2-9,11H,10,12H2,1H3,(H,18,20). The van der Waals surface area contributed by atoms with Crippen LogP contribution in [0.15, 0.2) is 48.5 Å². The molecule has 5 nitrogen and oxygen atoms in total. The summed E-state index contributed by atoms with van der Waals surface area (Å²) in [6.45, 7) is 0.427. The highest BCUT2D eigenvalue weighted by atomic mass is 16.5. The maximum atomic E-state index is 11.7. The molecule has 0 unspecified atom stereocenters. The van der Waals surface area contributed by atoms with E-state index in [9.17, 15) is 9.59 Å². The summed E-state index contributed by atoms with van der Waals surface area (Å²) in [5.74, 6) is 0.606. The Bertz CT molecular complexity index is 640. The molecule has 2 aromatic rings. The first-order valence-electron chi connectivity index (χ1n) is 6.79. The van der Waals surface area contributed by atoms with Crippen molar-refractivity contribution in [3.8, 4) is 5.75 Å². The highest BCUT2D eigenvalue weighted by Crippen LogP contribution is 2.19. The fourth-order valence-electron chi connectivity index (χ4n) is 1.95. The highest BCUT2D eigenvalue weighted by molar-refractivity contribution is 5.76. The lowest BCUT2D eigenvalue weighted by Gasteiger charge is -2.11. The van der Waals surface area contributed by atoms with Crippen LogP contribution in [-0.4, -0.2) is 19.5 Å². The summed E-state index contributed by atoms with van der Waals surface area (Å²) in [5.41, 5.74) is 2.15. The number of benzene rings is 2. The normalized spacial score (nSPS) is 9.86. The lowest BCUT2D eigenvalue weighted by atomic mass is 10.1. The third-order valence-electron chi connectivity index (χ3n) is 3.08. The van der Waals surface area contributed by atoms with Crippen LogP contribution in [0.25, 0.3) is 0 Å². The van der Waals surface area contributed by atoms with Crippen molar-refractivity contribution in [2.45, 2.75) is 13.2 Å². The topological polar surface area (TPSA) is 64.6 Å². The van der Waals surface area contributed by atoms with E-state index in [1.165, 1.54) is 7.11 Å². The van der Waals surface area contributed by atoms with Gasteiger partial charge in [-0.25, -0.2) is 4.79 Å². The number of aldehydes is 1. The Balaban J connectivity index is 1.89. The number of carbonyl (C=O) groups excluding carboxylic acids is 2. The maximum absolute atomic E-state index is 11.7. The third kappa shape index (κ3) is 4.34. The number of ether oxygens (including phenoxy) is 2. The Morgan fingerprint density at radius 3 is 2.64 bits per heavy atom. The molecule has 0 fully saturated rings. The molecule has 2 rings (SSSR count). The van der Waals surface area contributed by atoms with E-state index >= 15 is 0 Å². The monoisotopic (exact) mass is 299 g/mol. The minimum absolute atomic E-state index is 0.207. The molecule has 1 amide bonds. The predicted molar refractivity (Wildman–Crippen MR) is 81.8 cm³/mol. The Hall–Kier alpha value is -2.82. The molecule has 0 atom stereocenters. The summed E-state index contributed by atoms with van der Waals surface area (Å²) in [5, 5.41) is 2.64. The first-order valence-corrected chi connectivity index (χ1v) is 6.79. The van der Waals surface area contributed by atoms with Crippen LogP contribution in [0.2, 0.25) is 0 Å². The lowest BCUT2D eigenvalue weighted by molar-refractivity contribution is 0.112. The van der Waals surface area contributed by atoms with Crippen molar-refractivity contribution in [2.24, 2.45) is 0 Å². The Kier molecular flexibility index (Phi) is 5.54. The molecule has 0 aliphatic carbocycles. The third-order valence-corrected chi connectivity index (χ3v) is 3.08. The summed E-state index contributed by atoms with van der Waals surface area (Å²) in [6, 6.07) is 14.4. The largest absolute Gasteiger partial charge is 0.496 e. The fourth-order valence-corrected chi connectivity index (χ4v) is 1.95. The lowest BCUT2D eigenvalue weighted by Crippen LogP contribution is -2.24. The molecule has 0 saturated heterocycles. The van der Waals surface area contributed by atoms with Crippen LogP contribution >= 0.6 is 0 Å². The van der Waals surface area contributed by atoms with Gasteiger partial charge in [0.05, 0.1) is 7.11 Å². The molecule has 5 heteroatoms. The van der Waals surface area contributed by atoms with Crippen LogP contribution in [0.4, 0.5) is 4.79 Å². The van der Waals surface area contributed by atoms with Crippen LogP contribution < -0.4 is 10.1 Å². The van der Waals surface area contributed by atoms with Crippen LogP contribution in [-0.2, 0) is 17.9 Å². The number of methoxy groups -OCH3 is 1. The first kappa shape index (κ1) is 15.6. The van der Waals surface area contributed by atoms with Crippen molar-refractivity contribution in [2.75, 3.05) is 7.11 Å². The zero-order valence-corrected chi connectivity index (χ0v) is 12.2. The highest BCUT2D eigenvalue weighted by Gasteiger charge is 2.07. The van der Waals surface area contributed by atoms with E-state index in [0.717, 1.165) is 11.8 Å². The zero-order chi connectivity index (χ0) is 15.8. The van der Waals surface area contributed by atoms with Gasteiger partial charge in [0, 0.05) is 17.7 Å². The first-order chi connectivity index (χ1) is 10.7. The van der Waals surface area contributed by atoms with Crippen molar-refractivity contribution in [3.05, 3.63) is 65.2 Å². The van der Waals surface area contributed by atoms with Gasteiger partial charge in [-0.15, -0.1) is 0 Å². The Morgan fingerprint density at radius 2 is 1.95 bits per heavy atom. The molecule has 0 aromatic heterocycles. The van der Waals surface area contributed by atoms with Gasteiger partial charge < -0.3 is 14.8 Å². The summed E-state index contributed by atoms with van der Waals surface area (Å²) < 4.78 is 10.3. The molecular formula is C17H17NO4. The van der Waals surface area contributed by atoms with E-state index in [4.69, 9.17) is 9.47 Å². The molecule has 0 saturated carbocycles. The molecule has 114 valence electrons. The number of rotatable bonds is 6. The number of hydrogen-bond donors (Lipinski definition) is 1. The second kappa shape index (κ2) is 7.83. The number of hydrogen-bond acceptors (Lipinski definition) is 4. The predicted octanol–water partition coefficient (Wildman–Crippen LogP) is 2.93. The molecule has 2 aromatic carbocycles. The smallest absolute Gasteiger partial charge is 0.407 e. The van der Waals surface area contributed by atoms with Gasteiger partial charge in [-0.1, -0.05) is 30.3 Å². The van der Waals surface area contributed by atoms with Gasteiger partial charge in [0.25, 0.3) is 0 Å². The van der Waals surface area contributed by atoms with Crippen molar-refractivity contribution in [1.29, 1.82) is 0 Å². The van der Waals surface area contributed by atoms with Gasteiger partial charge in [0.1, 0.15) is 18.6 Å². The van der Waals surface area contributed by atoms with Crippen LogP contribution in [0.5, 0.6) is 5.75 Å². The van der Waals surface area contributed by atoms with Gasteiger partial charge in [-0.3, -0.25) is 4.79 Å². The summed E-state index contributed by atoms with van der Waals surface area (Å²) >= 11 is 0. The SMILES string of the molecule is COc1ccc(C=O)cc1CNC(=O)OCc1ccccc1. The number of carbonyl (C=O) groups is 2. The Labute approximate surface area is 128 Å². The second-order valence-electron chi connectivity index (χ2n) is 4.60. The van der Waals surface area contributed by atoms with Crippen molar-refractivity contribution < 1.29 is 19.1 Å². The molecule has 0 spiro atoms. The van der Waals surface area contributed by atoms with Gasteiger partial charge in [0.15, 0.2) is 0 Å². The minimum Gasteiger partial charge on any atom is -0.496 e. The van der Waals surface area contributed by atoms with E-state index in [2.05, 4.69) is 5.32 Å². The van der Waals surface area contributed by atoms with E-state index in [-0.39, 0.29) is 13.2 Å². The number of amides is 1. The zero-order valence-electron chi connectivity index (χ0n) is 12.2. The van der Waals surface area contributed by atoms with Crippen LogP contribution in [0.1, 0.15) is 21.5 Å². The maximum Gasteiger partial charge on any atom is 0.407 e. The molecular weight excluding hydrogens is 282 g/mol. The van der Waals surface area contributed by atoms with Gasteiger partial charge in [0.2, 0.25) is 0 Å². The number of alkyl carbamates (subject to hydrolysis) is 1. The van der Waals surface area contributed by atoms with Crippen molar-refractivity contribution in [3.63, 3.8) is 0 Å². The van der Waals surface area contributed by atoms with Gasteiger partial charge in [-0.05, 0) is 23.8 Å². The van der Waals surface area contributed by atoms with Crippen LogP contribution in [0.3, 0.4) is 0 Å². The van der Waals surface area contributed by atoms with Crippen molar-refractivity contribution in [1.82, 2.24) is 5.32 Å². The average Bonchev–Trinajstić information content (AvgIpc) is 2.58. The quantitative estimate of drug-likeness (QED) is 0.833. The molecule has 0 bridgehead atoms. The van der Waals surface area contributed by atoms with Crippen molar-refractivity contribution >= 4 is 12.4 Å². The van der Waals surface area contributed by atoms with E-state index in [0.29, 0.717) is 16.9 Å². The van der Waals surface area contributed by atoms with E-state index < -0.39 is 6.09 Å². The van der Waals surface area contributed by atoms with Crippen LogP contribution in [0, 0.1) is 0 Å². The minimum atomic E-state index is -0.526. The molecule has 0 radical (unpaired) electrons.